The van der Waals surface area contributed by atoms with Crippen LogP contribution in [0.25, 0.3) is 5.69 Å². The monoisotopic (exact) mass is 297 g/mol. The van der Waals surface area contributed by atoms with Crippen molar-refractivity contribution in [2.45, 2.75) is 44.1 Å². The third-order valence-corrected chi connectivity index (χ3v) is 4.75. The van der Waals surface area contributed by atoms with Crippen molar-refractivity contribution in [1.29, 1.82) is 0 Å². The summed E-state index contributed by atoms with van der Waals surface area (Å²) in [5.74, 6) is 1.25. The molecule has 1 atom stereocenters. The molecule has 1 amide bonds. The van der Waals surface area contributed by atoms with Gasteiger partial charge >= 0.3 is 0 Å². The lowest BCUT2D eigenvalue weighted by molar-refractivity contribution is -0.129. The van der Waals surface area contributed by atoms with Gasteiger partial charge in [-0.05, 0) is 25.0 Å². The Kier molecular flexibility index (Phi) is 3.36. The second kappa shape index (κ2) is 5.51. The first-order valence-electron chi connectivity index (χ1n) is 7.93. The minimum Gasteiger partial charge on any atom is -0.339 e. The Bertz CT molecular complexity index is 662. The van der Waals surface area contributed by atoms with Gasteiger partial charge in [0.25, 0.3) is 0 Å². The summed E-state index contributed by atoms with van der Waals surface area (Å²) in [7, 11) is 0. The van der Waals surface area contributed by atoms with E-state index in [1.54, 1.807) is 18.7 Å². The first kappa shape index (κ1) is 13.4. The number of likely N-dealkylation sites (tertiary alicyclic amines) is 1. The molecule has 2 aromatic rings. The number of hydrogen-bond acceptors (Lipinski definition) is 4. The molecule has 2 fully saturated rings. The summed E-state index contributed by atoms with van der Waals surface area (Å²) in [6, 6.07) is 4.27. The molecule has 4 rings (SSSR count). The zero-order chi connectivity index (χ0) is 14.9. The molecule has 6 heteroatoms. The molecule has 1 saturated heterocycles. The first-order valence-corrected chi connectivity index (χ1v) is 7.93. The summed E-state index contributed by atoms with van der Waals surface area (Å²) in [6.45, 7) is 0.766. The molecule has 0 N–H and O–H groups in total. The van der Waals surface area contributed by atoms with Crippen LogP contribution in [-0.2, 0) is 4.79 Å². The van der Waals surface area contributed by atoms with E-state index in [0.29, 0.717) is 12.5 Å². The summed E-state index contributed by atoms with van der Waals surface area (Å²) in [6.07, 6.45) is 10.4. The van der Waals surface area contributed by atoms with Crippen molar-refractivity contribution >= 4 is 5.91 Å². The number of carbonyl (C=O) groups is 1. The molecule has 0 radical (unpaired) electrons. The molecule has 3 heterocycles. The maximum Gasteiger partial charge on any atom is 0.223 e. The molecule has 22 heavy (non-hydrogen) atoms. The van der Waals surface area contributed by atoms with E-state index >= 15 is 0 Å². The molecule has 2 aromatic heterocycles. The molecule has 1 saturated carbocycles. The highest BCUT2D eigenvalue weighted by Gasteiger charge is 2.38. The van der Waals surface area contributed by atoms with Gasteiger partial charge in [-0.25, -0.2) is 9.67 Å². The van der Waals surface area contributed by atoms with Crippen molar-refractivity contribution in [2.75, 3.05) is 6.54 Å². The molecule has 0 spiro atoms. The standard InChI is InChI=1S/C16H19N5O/c22-15-8-12(10-20(15)13-4-1-2-5-13)16-18-11-19-21(16)14-6-3-7-17-9-14/h3,6-7,9,11-13H,1-2,4-5,8,10H2. The lowest BCUT2D eigenvalue weighted by Gasteiger charge is -2.24. The average molecular weight is 297 g/mol. The van der Waals surface area contributed by atoms with Crippen molar-refractivity contribution in [2.24, 2.45) is 0 Å². The van der Waals surface area contributed by atoms with Crippen molar-refractivity contribution in [1.82, 2.24) is 24.6 Å². The maximum atomic E-state index is 12.4. The zero-order valence-corrected chi connectivity index (χ0v) is 12.4. The number of hydrogen-bond donors (Lipinski definition) is 0. The number of rotatable bonds is 3. The minimum atomic E-state index is 0.121. The largest absolute Gasteiger partial charge is 0.339 e. The highest BCUT2D eigenvalue weighted by atomic mass is 16.2. The van der Waals surface area contributed by atoms with Gasteiger partial charge < -0.3 is 4.90 Å². The van der Waals surface area contributed by atoms with Crippen LogP contribution in [0.4, 0.5) is 0 Å². The van der Waals surface area contributed by atoms with Gasteiger partial charge in [0.2, 0.25) is 5.91 Å². The van der Waals surface area contributed by atoms with Crippen LogP contribution in [0.15, 0.2) is 30.9 Å². The van der Waals surface area contributed by atoms with E-state index in [1.165, 1.54) is 12.8 Å². The highest BCUT2D eigenvalue weighted by Crippen LogP contribution is 2.33. The number of nitrogens with zero attached hydrogens (tertiary/aromatic N) is 5. The van der Waals surface area contributed by atoms with Crippen molar-refractivity contribution < 1.29 is 4.79 Å². The first-order chi connectivity index (χ1) is 10.8. The Morgan fingerprint density at radius 2 is 2.09 bits per heavy atom. The van der Waals surface area contributed by atoms with Crippen LogP contribution in [0.5, 0.6) is 0 Å². The molecule has 1 unspecified atom stereocenters. The Hall–Kier alpha value is -2.24. The minimum absolute atomic E-state index is 0.121. The predicted molar refractivity (Wildman–Crippen MR) is 80.5 cm³/mol. The van der Waals surface area contributed by atoms with Gasteiger partial charge in [0.15, 0.2) is 0 Å². The Morgan fingerprint density at radius 1 is 1.23 bits per heavy atom. The van der Waals surface area contributed by atoms with Crippen LogP contribution in [0.3, 0.4) is 0 Å². The highest BCUT2D eigenvalue weighted by molar-refractivity contribution is 5.80. The summed E-state index contributed by atoms with van der Waals surface area (Å²) < 4.78 is 1.81. The number of amides is 1. The van der Waals surface area contributed by atoms with E-state index in [4.69, 9.17) is 0 Å². The second-order valence-corrected chi connectivity index (χ2v) is 6.13. The summed E-state index contributed by atoms with van der Waals surface area (Å²) in [4.78, 5) is 23.0. The van der Waals surface area contributed by atoms with Crippen LogP contribution in [0, 0.1) is 0 Å². The lowest BCUT2D eigenvalue weighted by atomic mass is 10.1. The molecule has 1 aliphatic carbocycles. The lowest BCUT2D eigenvalue weighted by Crippen LogP contribution is -2.34. The third kappa shape index (κ3) is 2.28. The number of aromatic nitrogens is 4. The van der Waals surface area contributed by atoms with E-state index in [9.17, 15) is 4.79 Å². The molecule has 1 aliphatic heterocycles. The van der Waals surface area contributed by atoms with Gasteiger partial charge in [-0.1, -0.05) is 12.8 Å². The molecular formula is C16H19N5O. The molecule has 6 nitrogen and oxygen atoms in total. The average Bonchev–Trinajstić information content (AvgIpc) is 3.28. The van der Waals surface area contributed by atoms with Crippen LogP contribution in [0.2, 0.25) is 0 Å². The second-order valence-electron chi connectivity index (χ2n) is 6.13. The van der Waals surface area contributed by atoms with Gasteiger partial charge in [-0.3, -0.25) is 9.78 Å². The molecule has 0 bridgehead atoms. The smallest absolute Gasteiger partial charge is 0.223 e. The predicted octanol–water partition coefficient (Wildman–Crippen LogP) is 1.92. The fraction of sp³-hybridized carbons (Fsp3) is 0.500. The summed E-state index contributed by atoms with van der Waals surface area (Å²) >= 11 is 0. The van der Waals surface area contributed by atoms with Crippen LogP contribution in [-0.4, -0.2) is 43.1 Å². The third-order valence-electron chi connectivity index (χ3n) is 4.75. The van der Waals surface area contributed by atoms with E-state index in [1.807, 2.05) is 16.8 Å². The normalized spacial score (nSPS) is 22.6. The molecule has 0 aromatic carbocycles. The van der Waals surface area contributed by atoms with E-state index in [0.717, 1.165) is 30.9 Å². The Labute approximate surface area is 129 Å². The molecular weight excluding hydrogens is 278 g/mol. The summed E-state index contributed by atoms with van der Waals surface area (Å²) in [5.41, 5.74) is 0.891. The van der Waals surface area contributed by atoms with Crippen LogP contribution >= 0.6 is 0 Å². The van der Waals surface area contributed by atoms with Crippen molar-refractivity contribution in [3.8, 4) is 5.69 Å². The van der Waals surface area contributed by atoms with E-state index in [2.05, 4.69) is 20.0 Å². The van der Waals surface area contributed by atoms with E-state index < -0.39 is 0 Å². The topological polar surface area (TPSA) is 63.9 Å². The maximum absolute atomic E-state index is 12.4. The fourth-order valence-electron chi connectivity index (χ4n) is 3.68. The zero-order valence-electron chi connectivity index (χ0n) is 12.4. The van der Waals surface area contributed by atoms with E-state index in [-0.39, 0.29) is 11.8 Å². The SMILES string of the molecule is O=C1CC(c2ncnn2-c2cccnc2)CN1C1CCCC1. The Morgan fingerprint density at radius 3 is 2.86 bits per heavy atom. The van der Waals surface area contributed by atoms with Gasteiger partial charge in [0, 0.05) is 31.1 Å². The van der Waals surface area contributed by atoms with Gasteiger partial charge in [0.1, 0.15) is 12.2 Å². The van der Waals surface area contributed by atoms with Gasteiger partial charge in [0.05, 0.1) is 11.9 Å². The van der Waals surface area contributed by atoms with Crippen LogP contribution < -0.4 is 0 Å². The van der Waals surface area contributed by atoms with Gasteiger partial charge in [-0.2, -0.15) is 5.10 Å². The van der Waals surface area contributed by atoms with Crippen LogP contribution in [0.1, 0.15) is 43.8 Å². The van der Waals surface area contributed by atoms with Crippen molar-refractivity contribution in [3.63, 3.8) is 0 Å². The summed E-state index contributed by atoms with van der Waals surface area (Å²) in [5, 5.41) is 4.31. The fourth-order valence-corrected chi connectivity index (χ4v) is 3.68. The van der Waals surface area contributed by atoms with Gasteiger partial charge in [-0.15, -0.1) is 0 Å². The van der Waals surface area contributed by atoms with Crippen molar-refractivity contribution in [3.05, 3.63) is 36.7 Å². The number of carbonyl (C=O) groups excluding carboxylic acids is 1. The molecule has 2 aliphatic rings. The molecule has 114 valence electrons. The Balaban J connectivity index is 1.59. The number of pyridine rings is 1. The quantitative estimate of drug-likeness (QED) is 0.868.